The minimum Gasteiger partial charge on any atom is -0.356 e. The van der Waals surface area contributed by atoms with Gasteiger partial charge in [0.05, 0.1) is 6.42 Å². The van der Waals surface area contributed by atoms with Crippen molar-refractivity contribution in [2.75, 3.05) is 13.1 Å². The summed E-state index contributed by atoms with van der Waals surface area (Å²) in [5, 5.41) is 3.92. The van der Waals surface area contributed by atoms with Gasteiger partial charge in [-0.25, -0.2) is 0 Å². The van der Waals surface area contributed by atoms with Gasteiger partial charge in [-0.2, -0.15) is 0 Å². The summed E-state index contributed by atoms with van der Waals surface area (Å²) in [4.78, 5) is 11.6. The lowest BCUT2D eigenvalue weighted by molar-refractivity contribution is -0.120. The zero-order valence-electron chi connectivity index (χ0n) is 9.51. The van der Waals surface area contributed by atoms with E-state index < -0.39 is 0 Å². The molecule has 3 N–H and O–H groups in total. The molecule has 1 amide bonds. The van der Waals surface area contributed by atoms with Crippen LogP contribution >= 0.6 is 23.2 Å². The van der Waals surface area contributed by atoms with Gasteiger partial charge in [-0.3, -0.25) is 4.79 Å². The molecule has 3 nitrogen and oxygen atoms in total. The number of halogens is 2. The van der Waals surface area contributed by atoms with Gasteiger partial charge in [0.2, 0.25) is 5.91 Å². The number of amides is 1. The second kappa shape index (κ2) is 7.54. The second-order valence-corrected chi connectivity index (χ2v) is 4.60. The van der Waals surface area contributed by atoms with Crippen molar-refractivity contribution < 1.29 is 4.79 Å². The molecule has 94 valence electrons. The summed E-state index contributed by atoms with van der Waals surface area (Å²) in [7, 11) is 0. The lowest BCUT2D eigenvalue weighted by Crippen LogP contribution is -2.26. The van der Waals surface area contributed by atoms with Crippen molar-refractivity contribution in [3.05, 3.63) is 33.8 Å². The van der Waals surface area contributed by atoms with E-state index >= 15 is 0 Å². The molecule has 0 aliphatic heterocycles. The van der Waals surface area contributed by atoms with E-state index in [2.05, 4.69) is 5.32 Å². The van der Waals surface area contributed by atoms with Crippen LogP contribution in [0, 0.1) is 0 Å². The highest BCUT2D eigenvalue weighted by atomic mass is 35.5. The van der Waals surface area contributed by atoms with Crippen LogP contribution in [0.25, 0.3) is 0 Å². The molecule has 0 bridgehead atoms. The van der Waals surface area contributed by atoms with Crippen LogP contribution in [0.3, 0.4) is 0 Å². The van der Waals surface area contributed by atoms with Gasteiger partial charge in [-0.15, -0.1) is 0 Å². The van der Waals surface area contributed by atoms with Crippen LogP contribution in [0.1, 0.15) is 18.4 Å². The average molecular weight is 275 g/mol. The van der Waals surface area contributed by atoms with Gasteiger partial charge in [0.15, 0.2) is 0 Å². The van der Waals surface area contributed by atoms with Gasteiger partial charge in [0, 0.05) is 16.6 Å². The SMILES string of the molecule is NCCCCNC(=O)Cc1ccc(Cl)cc1Cl. The van der Waals surface area contributed by atoms with E-state index in [9.17, 15) is 4.79 Å². The smallest absolute Gasteiger partial charge is 0.224 e. The van der Waals surface area contributed by atoms with E-state index in [1.807, 2.05) is 0 Å². The van der Waals surface area contributed by atoms with Crippen LogP contribution in [0.2, 0.25) is 10.0 Å². The van der Waals surface area contributed by atoms with Crippen molar-refractivity contribution in [2.24, 2.45) is 5.73 Å². The maximum absolute atomic E-state index is 11.6. The summed E-state index contributed by atoms with van der Waals surface area (Å²) in [6.07, 6.45) is 2.09. The van der Waals surface area contributed by atoms with E-state index in [1.54, 1.807) is 18.2 Å². The van der Waals surface area contributed by atoms with Crippen LogP contribution in [0.4, 0.5) is 0 Å². The first kappa shape index (κ1) is 14.3. The molecule has 0 radical (unpaired) electrons. The Kier molecular flexibility index (Phi) is 6.34. The predicted octanol–water partition coefficient (Wildman–Crippen LogP) is 2.39. The first-order valence-electron chi connectivity index (χ1n) is 5.54. The third-order valence-corrected chi connectivity index (χ3v) is 2.91. The van der Waals surface area contributed by atoms with Crippen molar-refractivity contribution in [2.45, 2.75) is 19.3 Å². The molecule has 0 aliphatic rings. The van der Waals surface area contributed by atoms with E-state index in [0.29, 0.717) is 23.1 Å². The maximum atomic E-state index is 11.6. The average Bonchev–Trinajstić information content (AvgIpc) is 2.28. The first-order valence-corrected chi connectivity index (χ1v) is 6.29. The Hall–Kier alpha value is -0.770. The van der Waals surface area contributed by atoms with Crippen molar-refractivity contribution >= 4 is 29.1 Å². The van der Waals surface area contributed by atoms with Gasteiger partial charge in [0.1, 0.15) is 0 Å². The third kappa shape index (κ3) is 5.39. The number of nitrogens with two attached hydrogens (primary N) is 1. The largest absolute Gasteiger partial charge is 0.356 e. The van der Waals surface area contributed by atoms with Gasteiger partial charge in [-0.1, -0.05) is 29.3 Å². The molecule has 5 heteroatoms. The standard InChI is InChI=1S/C12H16Cl2N2O/c13-10-4-3-9(11(14)8-10)7-12(17)16-6-2-1-5-15/h3-4,8H,1-2,5-7,15H2,(H,16,17). The van der Waals surface area contributed by atoms with E-state index in [-0.39, 0.29) is 12.3 Å². The van der Waals surface area contributed by atoms with Crippen LogP contribution in [-0.2, 0) is 11.2 Å². The van der Waals surface area contributed by atoms with Gasteiger partial charge in [-0.05, 0) is 37.1 Å². The number of unbranched alkanes of at least 4 members (excludes halogenated alkanes) is 1. The molecule has 17 heavy (non-hydrogen) atoms. The Bertz CT molecular complexity index is 383. The quantitative estimate of drug-likeness (QED) is 0.783. The fraction of sp³-hybridized carbons (Fsp3) is 0.417. The topological polar surface area (TPSA) is 55.1 Å². The molecule has 0 saturated carbocycles. The van der Waals surface area contributed by atoms with Crippen LogP contribution in [-0.4, -0.2) is 19.0 Å². The number of hydrogen-bond acceptors (Lipinski definition) is 2. The molecule has 0 unspecified atom stereocenters. The Balaban J connectivity index is 2.40. The normalized spacial score (nSPS) is 10.3. The summed E-state index contributed by atoms with van der Waals surface area (Å²) in [6, 6.07) is 5.13. The molecule has 1 aromatic carbocycles. The summed E-state index contributed by atoms with van der Waals surface area (Å²) in [6.45, 7) is 1.31. The van der Waals surface area contributed by atoms with Crippen molar-refractivity contribution in [3.63, 3.8) is 0 Å². The number of hydrogen-bond donors (Lipinski definition) is 2. The molecular formula is C12H16Cl2N2O. The fourth-order valence-electron chi connectivity index (χ4n) is 1.40. The summed E-state index contributed by atoms with van der Waals surface area (Å²) < 4.78 is 0. The highest BCUT2D eigenvalue weighted by molar-refractivity contribution is 6.35. The summed E-state index contributed by atoms with van der Waals surface area (Å²) in [5.41, 5.74) is 6.14. The number of benzene rings is 1. The van der Waals surface area contributed by atoms with Crippen molar-refractivity contribution in [1.82, 2.24) is 5.32 Å². The van der Waals surface area contributed by atoms with Crippen molar-refractivity contribution in [1.29, 1.82) is 0 Å². The number of nitrogens with one attached hydrogen (secondary N) is 1. The predicted molar refractivity (Wildman–Crippen MR) is 71.5 cm³/mol. The van der Waals surface area contributed by atoms with Gasteiger partial charge in [0.25, 0.3) is 0 Å². The Morgan fingerprint density at radius 3 is 2.71 bits per heavy atom. The monoisotopic (exact) mass is 274 g/mol. The van der Waals surface area contributed by atoms with Crippen LogP contribution < -0.4 is 11.1 Å². The lowest BCUT2D eigenvalue weighted by Gasteiger charge is -2.06. The molecule has 1 rings (SSSR count). The van der Waals surface area contributed by atoms with Gasteiger partial charge < -0.3 is 11.1 Å². The minimum atomic E-state index is -0.0359. The Labute approximate surface area is 111 Å². The Morgan fingerprint density at radius 1 is 1.29 bits per heavy atom. The molecule has 0 aromatic heterocycles. The third-order valence-electron chi connectivity index (χ3n) is 2.32. The summed E-state index contributed by atoms with van der Waals surface area (Å²) in [5.74, 6) is -0.0359. The summed E-state index contributed by atoms with van der Waals surface area (Å²) >= 11 is 11.8. The molecule has 0 fully saturated rings. The van der Waals surface area contributed by atoms with Crippen molar-refractivity contribution in [3.8, 4) is 0 Å². The lowest BCUT2D eigenvalue weighted by atomic mass is 10.1. The second-order valence-electron chi connectivity index (χ2n) is 3.76. The van der Waals surface area contributed by atoms with Crippen LogP contribution in [0.5, 0.6) is 0 Å². The highest BCUT2D eigenvalue weighted by Gasteiger charge is 2.06. The number of carbonyl (C=O) groups excluding carboxylic acids is 1. The molecule has 1 aromatic rings. The zero-order valence-corrected chi connectivity index (χ0v) is 11.0. The van der Waals surface area contributed by atoms with Crippen LogP contribution in [0.15, 0.2) is 18.2 Å². The fourth-order valence-corrected chi connectivity index (χ4v) is 1.87. The molecule has 0 atom stereocenters. The highest BCUT2D eigenvalue weighted by Crippen LogP contribution is 2.21. The molecule has 0 saturated heterocycles. The van der Waals surface area contributed by atoms with E-state index in [4.69, 9.17) is 28.9 Å². The minimum absolute atomic E-state index is 0.0359. The molecule has 0 spiro atoms. The number of carbonyl (C=O) groups is 1. The molecular weight excluding hydrogens is 259 g/mol. The first-order chi connectivity index (χ1) is 8.13. The maximum Gasteiger partial charge on any atom is 0.224 e. The van der Waals surface area contributed by atoms with E-state index in [1.165, 1.54) is 0 Å². The molecule has 0 aliphatic carbocycles. The van der Waals surface area contributed by atoms with E-state index in [0.717, 1.165) is 18.4 Å². The zero-order chi connectivity index (χ0) is 12.7. The molecule has 0 heterocycles. The number of rotatable bonds is 6. The van der Waals surface area contributed by atoms with Gasteiger partial charge >= 0.3 is 0 Å². The Morgan fingerprint density at radius 2 is 2.06 bits per heavy atom.